The molecule has 0 saturated carbocycles. The van der Waals surface area contributed by atoms with Gasteiger partial charge in [0, 0.05) is 10.6 Å². The Labute approximate surface area is 166 Å². The number of thiophene rings is 1. The fourth-order valence-corrected chi connectivity index (χ4v) is 4.97. The van der Waals surface area contributed by atoms with Gasteiger partial charge in [-0.2, -0.15) is 5.26 Å². The summed E-state index contributed by atoms with van der Waals surface area (Å²) in [5.41, 5.74) is 2.51. The molecular weight excluding hydrogens is 372 g/mol. The summed E-state index contributed by atoms with van der Waals surface area (Å²) in [6.07, 6.45) is 4.77. The first-order chi connectivity index (χ1) is 13.5. The summed E-state index contributed by atoms with van der Waals surface area (Å²) in [6.45, 7) is 2.15. The molecule has 2 aromatic heterocycles. The van der Waals surface area contributed by atoms with E-state index in [0.717, 1.165) is 35.2 Å². The summed E-state index contributed by atoms with van der Waals surface area (Å²) in [4.78, 5) is 31.8. The largest absolute Gasteiger partial charge is 0.325 e. The Hall–Kier alpha value is -2.98. The highest BCUT2D eigenvalue weighted by Crippen LogP contribution is 2.35. The number of carbonyl (C=O) groups excluding carboxylic acids is 1. The van der Waals surface area contributed by atoms with E-state index in [-0.39, 0.29) is 18.0 Å². The van der Waals surface area contributed by atoms with Crippen LogP contribution >= 0.6 is 11.3 Å². The summed E-state index contributed by atoms with van der Waals surface area (Å²) < 4.78 is 1.38. The van der Waals surface area contributed by atoms with Crippen molar-refractivity contribution in [1.29, 1.82) is 5.26 Å². The van der Waals surface area contributed by atoms with Gasteiger partial charge in [0.2, 0.25) is 5.91 Å². The SMILES string of the molecule is C[C@H]1CCc2c(sc3ncn(CC(=O)Nc4ccc(CC#N)cc4)c(=O)c23)C1. The molecular formula is C21H20N4O2S. The van der Waals surface area contributed by atoms with Crippen molar-refractivity contribution in [3.05, 3.63) is 57.0 Å². The van der Waals surface area contributed by atoms with E-state index in [1.807, 2.05) is 0 Å². The Bertz CT molecular complexity index is 1140. The Kier molecular flexibility index (Phi) is 4.97. The molecule has 1 amide bonds. The Morgan fingerprint density at radius 3 is 2.93 bits per heavy atom. The lowest BCUT2D eigenvalue weighted by Gasteiger charge is -2.17. The van der Waals surface area contributed by atoms with Gasteiger partial charge in [0.15, 0.2) is 0 Å². The molecule has 1 aromatic carbocycles. The van der Waals surface area contributed by atoms with Crippen LogP contribution in [0.2, 0.25) is 0 Å². The quantitative estimate of drug-likeness (QED) is 0.738. The molecule has 0 aliphatic heterocycles. The molecule has 7 heteroatoms. The number of carbonyl (C=O) groups is 1. The van der Waals surface area contributed by atoms with Gasteiger partial charge in [-0.25, -0.2) is 4.98 Å². The van der Waals surface area contributed by atoms with Crippen molar-refractivity contribution in [2.45, 2.75) is 39.2 Å². The highest BCUT2D eigenvalue weighted by atomic mass is 32.1. The number of anilines is 1. The number of aryl methyl sites for hydroxylation is 1. The van der Waals surface area contributed by atoms with Gasteiger partial charge in [0.1, 0.15) is 11.4 Å². The Morgan fingerprint density at radius 1 is 1.39 bits per heavy atom. The zero-order valence-electron chi connectivity index (χ0n) is 15.6. The second-order valence-corrected chi connectivity index (χ2v) is 8.37. The fourth-order valence-electron chi connectivity index (χ4n) is 3.63. The molecule has 1 aliphatic carbocycles. The average Bonchev–Trinajstić information content (AvgIpc) is 3.04. The van der Waals surface area contributed by atoms with E-state index < -0.39 is 0 Å². The maximum absolute atomic E-state index is 13.0. The third-order valence-corrected chi connectivity index (χ3v) is 6.28. The van der Waals surface area contributed by atoms with Crippen molar-refractivity contribution >= 4 is 33.1 Å². The van der Waals surface area contributed by atoms with Crippen LogP contribution in [0.5, 0.6) is 0 Å². The molecule has 0 saturated heterocycles. The van der Waals surface area contributed by atoms with Crippen molar-refractivity contribution in [3.63, 3.8) is 0 Å². The van der Waals surface area contributed by atoms with Gasteiger partial charge in [-0.15, -0.1) is 11.3 Å². The lowest BCUT2D eigenvalue weighted by Crippen LogP contribution is -2.28. The van der Waals surface area contributed by atoms with E-state index in [9.17, 15) is 9.59 Å². The van der Waals surface area contributed by atoms with Crippen LogP contribution in [0.1, 0.15) is 29.3 Å². The van der Waals surface area contributed by atoms with Crippen LogP contribution < -0.4 is 10.9 Å². The number of nitrogens with one attached hydrogen (secondary N) is 1. The molecule has 3 aromatic rings. The number of amides is 1. The molecule has 1 atom stereocenters. The molecule has 0 radical (unpaired) electrons. The summed E-state index contributed by atoms with van der Waals surface area (Å²) >= 11 is 1.61. The van der Waals surface area contributed by atoms with Crippen LogP contribution in [0.4, 0.5) is 5.69 Å². The maximum Gasteiger partial charge on any atom is 0.262 e. The summed E-state index contributed by atoms with van der Waals surface area (Å²) in [5.74, 6) is 0.349. The summed E-state index contributed by atoms with van der Waals surface area (Å²) in [6, 6.07) is 9.20. The van der Waals surface area contributed by atoms with Crippen LogP contribution in [0.3, 0.4) is 0 Å². The van der Waals surface area contributed by atoms with Gasteiger partial charge < -0.3 is 5.32 Å². The van der Waals surface area contributed by atoms with Gasteiger partial charge in [0.05, 0.1) is 24.2 Å². The monoisotopic (exact) mass is 392 g/mol. The first-order valence-electron chi connectivity index (χ1n) is 9.30. The molecule has 28 heavy (non-hydrogen) atoms. The van der Waals surface area contributed by atoms with E-state index in [4.69, 9.17) is 5.26 Å². The van der Waals surface area contributed by atoms with Gasteiger partial charge in [-0.05, 0) is 48.4 Å². The van der Waals surface area contributed by atoms with E-state index in [1.165, 1.54) is 15.8 Å². The summed E-state index contributed by atoms with van der Waals surface area (Å²) in [7, 11) is 0. The van der Waals surface area contributed by atoms with Crippen LogP contribution in [-0.4, -0.2) is 15.5 Å². The molecule has 1 aliphatic rings. The lowest BCUT2D eigenvalue weighted by molar-refractivity contribution is -0.116. The predicted molar refractivity (Wildman–Crippen MR) is 109 cm³/mol. The van der Waals surface area contributed by atoms with Crippen LogP contribution in [0, 0.1) is 17.2 Å². The Morgan fingerprint density at radius 2 is 2.18 bits per heavy atom. The van der Waals surface area contributed by atoms with E-state index in [2.05, 4.69) is 23.3 Å². The zero-order chi connectivity index (χ0) is 19.7. The van der Waals surface area contributed by atoms with Gasteiger partial charge in [-0.3, -0.25) is 14.2 Å². The normalized spacial score (nSPS) is 15.8. The third kappa shape index (κ3) is 3.56. The molecule has 2 heterocycles. The number of benzene rings is 1. The fraction of sp³-hybridized carbons (Fsp3) is 0.333. The van der Waals surface area contributed by atoms with E-state index in [1.54, 1.807) is 35.6 Å². The molecule has 0 bridgehead atoms. The highest BCUT2D eigenvalue weighted by molar-refractivity contribution is 7.18. The van der Waals surface area contributed by atoms with Gasteiger partial charge in [-0.1, -0.05) is 19.1 Å². The number of hydrogen-bond acceptors (Lipinski definition) is 5. The van der Waals surface area contributed by atoms with Crippen LogP contribution in [-0.2, 0) is 30.6 Å². The number of aromatic nitrogens is 2. The predicted octanol–water partition coefficient (Wildman–Crippen LogP) is 3.29. The van der Waals surface area contributed by atoms with Crippen molar-refractivity contribution in [3.8, 4) is 6.07 Å². The minimum atomic E-state index is -0.283. The third-order valence-electron chi connectivity index (χ3n) is 5.12. The summed E-state index contributed by atoms with van der Waals surface area (Å²) in [5, 5.41) is 12.2. The smallest absolute Gasteiger partial charge is 0.262 e. The first kappa shape index (κ1) is 18.4. The van der Waals surface area contributed by atoms with Gasteiger partial charge in [0.25, 0.3) is 5.56 Å². The van der Waals surface area contributed by atoms with E-state index in [0.29, 0.717) is 23.4 Å². The maximum atomic E-state index is 13.0. The second-order valence-electron chi connectivity index (χ2n) is 7.29. The molecule has 6 nitrogen and oxygen atoms in total. The minimum Gasteiger partial charge on any atom is -0.325 e. The van der Waals surface area contributed by atoms with Crippen molar-refractivity contribution in [2.24, 2.45) is 5.92 Å². The number of fused-ring (bicyclic) bond motifs is 3. The number of nitriles is 1. The average molecular weight is 392 g/mol. The number of hydrogen-bond donors (Lipinski definition) is 1. The number of nitrogens with zero attached hydrogens (tertiary/aromatic N) is 3. The molecule has 4 rings (SSSR count). The molecule has 142 valence electrons. The van der Waals surface area contributed by atoms with Crippen molar-refractivity contribution in [2.75, 3.05) is 5.32 Å². The zero-order valence-corrected chi connectivity index (χ0v) is 16.4. The second kappa shape index (κ2) is 7.56. The number of rotatable bonds is 4. The first-order valence-corrected chi connectivity index (χ1v) is 10.1. The molecule has 0 spiro atoms. The van der Waals surface area contributed by atoms with Crippen molar-refractivity contribution < 1.29 is 4.79 Å². The van der Waals surface area contributed by atoms with Gasteiger partial charge >= 0.3 is 0 Å². The van der Waals surface area contributed by atoms with Crippen LogP contribution in [0.15, 0.2) is 35.4 Å². The topological polar surface area (TPSA) is 87.8 Å². The molecule has 0 fully saturated rings. The van der Waals surface area contributed by atoms with Crippen molar-refractivity contribution in [1.82, 2.24) is 9.55 Å². The Balaban J connectivity index is 1.54. The molecule has 1 N–H and O–H groups in total. The molecule has 0 unspecified atom stereocenters. The lowest BCUT2D eigenvalue weighted by atomic mass is 9.89. The van der Waals surface area contributed by atoms with E-state index >= 15 is 0 Å². The van der Waals surface area contributed by atoms with Crippen LogP contribution in [0.25, 0.3) is 10.2 Å². The standard InChI is InChI=1S/C21H20N4O2S/c1-13-2-7-16-17(10-13)28-20-19(16)21(27)25(12-23-20)11-18(26)24-15-5-3-14(4-6-15)8-9-22/h3-6,12-13H,2,7-8,10-11H2,1H3,(H,24,26)/t13-/m0/s1. The highest BCUT2D eigenvalue weighted by Gasteiger charge is 2.23. The minimum absolute atomic E-state index is 0.0806.